The van der Waals surface area contributed by atoms with Crippen LogP contribution in [-0.4, -0.2) is 24.0 Å². The summed E-state index contributed by atoms with van der Waals surface area (Å²) in [6.45, 7) is 0. The van der Waals surface area contributed by atoms with E-state index < -0.39 is 17.7 Å². The van der Waals surface area contributed by atoms with Crippen molar-refractivity contribution in [1.82, 2.24) is 0 Å². The smallest absolute Gasteiger partial charge is 0.337 e. The number of carboxylic acids is 1. The van der Waals surface area contributed by atoms with Gasteiger partial charge in [0.1, 0.15) is 5.82 Å². The number of halogens is 2. The van der Waals surface area contributed by atoms with Crippen LogP contribution in [0.4, 0.5) is 10.1 Å². The molecule has 0 fully saturated rings. The van der Waals surface area contributed by atoms with Gasteiger partial charge in [0, 0.05) is 11.5 Å². The zero-order valence-corrected chi connectivity index (χ0v) is 12.6. The van der Waals surface area contributed by atoms with Gasteiger partial charge in [-0.25, -0.2) is 9.18 Å². The maximum atomic E-state index is 13.1. The van der Waals surface area contributed by atoms with Gasteiger partial charge in [-0.3, -0.25) is 4.79 Å². The zero-order chi connectivity index (χ0) is 15.6. The van der Waals surface area contributed by atoms with Crippen LogP contribution in [0.1, 0.15) is 20.7 Å². The molecule has 1 N–H and O–H groups in total. The van der Waals surface area contributed by atoms with Crippen LogP contribution in [-0.2, 0) is 0 Å². The van der Waals surface area contributed by atoms with Crippen LogP contribution in [0.2, 0.25) is 0 Å². The second-order valence-corrected chi connectivity index (χ2v) is 5.16. The molecule has 0 radical (unpaired) electrons. The molecule has 0 saturated heterocycles. The number of carbonyl (C=O) groups excluding carboxylic acids is 1. The number of benzene rings is 2. The molecule has 0 spiro atoms. The Morgan fingerprint density at radius 2 is 1.81 bits per heavy atom. The van der Waals surface area contributed by atoms with Gasteiger partial charge in [-0.2, -0.15) is 0 Å². The number of amides is 1. The Morgan fingerprint density at radius 1 is 1.14 bits per heavy atom. The fourth-order valence-corrected chi connectivity index (χ4v) is 2.42. The summed E-state index contributed by atoms with van der Waals surface area (Å²) in [7, 11) is 1.47. The zero-order valence-electron chi connectivity index (χ0n) is 11.0. The van der Waals surface area contributed by atoms with Gasteiger partial charge in [0.25, 0.3) is 5.91 Å². The van der Waals surface area contributed by atoms with Crippen molar-refractivity contribution < 1.29 is 19.1 Å². The quantitative estimate of drug-likeness (QED) is 0.919. The third-order valence-electron chi connectivity index (χ3n) is 2.96. The van der Waals surface area contributed by atoms with Gasteiger partial charge >= 0.3 is 5.97 Å². The molecule has 0 atom stereocenters. The molecule has 4 nitrogen and oxygen atoms in total. The Kier molecular flexibility index (Phi) is 4.37. The molecule has 21 heavy (non-hydrogen) atoms. The Balaban J connectivity index is 2.42. The van der Waals surface area contributed by atoms with Gasteiger partial charge in [-0.1, -0.05) is 12.1 Å². The fraction of sp³-hybridized carbons (Fsp3) is 0.0667. The molecule has 0 saturated carbocycles. The summed E-state index contributed by atoms with van der Waals surface area (Å²) in [5.41, 5.74) is 0.539. The standard InChI is InChI=1S/C15H11BrFNO3/c1-18(13-5-3-2-4-11(13)15(20)21)14(19)10-7-6-9(17)8-12(10)16/h2-8H,1H3,(H,20,21). The van der Waals surface area contributed by atoms with Crippen LogP contribution >= 0.6 is 15.9 Å². The van der Waals surface area contributed by atoms with E-state index in [1.165, 1.54) is 36.2 Å². The molecule has 2 aromatic rings. The summed E-state index contributed by atoms with van der Waals surface area (Å²) in [5.74, 6) is -2.02. The lowest BCUT2D eigenvalue weighted by Gasteiger charge is -2.20. The van der Waals surface area contributed by atoms with Gasteiger partial charge in [-0.05, 0) is 46.3 Å². The number of anilines is 1. The minimum absolute atomic E-state index is 0.0200. The van der Waals surface area contributed by atoms with Crippen molar-refractivity contribution in [3.8, 4) is 0 Å². The third-order valence-corrected chi connectivity index (χ3v) is 3.62. The van der Waals surface area contributed by atoms with E-state index in [1.54, 1.807) is 18.2 Å². The highest BCUT2D eigenvalue weighted by molar-refractivity contribution is 9.10. The first-order valence-corrected chi connectivity index (χ1v) is 6.76. The van der Waals surface area contributed by atoms with Crippen molar-refractivity contribution in [2.75, 3.05) is 11.9 Å². The predicted octanol–water partition coefficient (Wildman–Crippen LogP) is 3.56. The molecular weight excluding hydrogens is 341 g/mol. The van der Waals surface area contributed by atoms with Crippen molar-refractivity contribution in [2.45, 2.75) is 0 Å². The number of rotatable bonds is 3. The topological polar surface area (TPSA) is 57.6 Å². The minimum Gasteiger partial charge on any atom is -0.478 e. The molecule has 1 amide bonds. The monoisotopic (exact) mass is 351 g/mol. The van der Waals surface area contributed by atoms with Crippen LogP contribution in [0.15, 0.2) is 46.9 Å². The van der Waals surface area contributed by atoms with E-state index >= 15 is 0 Å². The number of hydrogen-bond acceptors (Lipinski definition) is 2. The maximum Gasteiger partial charge on any atom is 0.337 e. The summed E-state index contributed by atoms with van der Waals surface area (Å²) >= 11 is 3.13. The second-order valence-electron chi connectivity index (χ2n) is 4.31. The summed E-state index contributed by atoms with van der Waals surface area (Å²) in [6.07, 6.45) is 0. The van der Waals surface area contributed by atoms with Gasteiger partial charge in [0.15, 0.2) is 0 Å². The van der Waals surface area contributed by atoms with Gasteiger partial charge in [0.05, 0.1) is 16.8 Å². The largest absolute Gasteiger partial charge is 0.478 e. The number of para-hydroxylation sites is 1. The van der Waals surface area contributed by atoms with E-state index in [4.69, 9.17) is 5.11 Å². The molecule has 2 rings (SSSR count). The van der Waals surface area contributed by atoms with Crippen molar-refractivity contribution in [2.24, 2.45) is 0 Å². The number of hydrogen-bond donors (Lipinski definition) is 1. The number of aromatic carboxylic acids is 1. The molecule has 0 unspecified atom stereocenters. The highest BCUT2D eigenvalue weighted by atomic mass is 79.9. The Morgan fingerprint density at radius 3 is 2.43 bits per heavy atom. The molecule has 0 heterocycles. The van der Waals surface area contributed by atoms with Crippen molar-refractivity contribution in [3.63, 3.8) is 0 Å². The lowest BCUT2D eigenvalue weighted by Crippen LogP contribution is -2.28. The normalized spacial score (nSPS) is 10.2. The summed E-state index contributed by atoms with van der Waals surface area (Å²) in [5, 5.41) is 9.16. The van der Waals surface area contributed by atoms with Crippen molar-refractivity contribution in [1.29, 1.82) is 0 Å². The summed E-state index contributed by atoms with van der Waals surface area (Å²) in [6, 6.07) is 9.89. The van der Waals surface area contributed by atoms with Crippen LogP contribution in [0.25, 0.3) is 0 Å². The van der Waals surface area contributed by atoms with Gasteiger partial charge in [-0.15, -0.1) is 0 Å². The lowest BCUT2D eigenvalue weighted by atomic mass is 10.1. The van der Waals surface area contributed by atoms with Crippen LogP contribution < -0.4 is 4.90 Å². The molecule has 0 aliphatic rings. The van der Waals surface area contributed by atoms with E-state index in [9.17, 15) is 14.0 Å². The highest BCUT2D eigenvalue weighted by Crippen LogP contribution is 2.24. The average Bonchev–Trinajstić information content (AvgIpc) is 2.45. The first-order chi connectivity index (χ1) is 9.91. The Bertz CT molecular complexity index is 718. The summed E-state index contributed by atoms with van der Waals surface area (Å²) in [4.78, 5) is 24.9. The summed E-state index contributed by atoms with van der Waals surface area (Å²) < 4.78 is 13.4. The molecular formula is C15H11BrFNO3. The Labute approximate surface area is 128 Å². The molecule has 6 heteroatoms. The molecule has 108 valence electrons. The predicted molar refractivity (Wildman–Crippen MR) is 80.2 cm³/mol. The highest BCUT2D eigenvalue weighted by Gasteiger charge is 2.20. The average molecular weight is 352 g/mol. The first kappa shape index (κ1) is 15.2. The minimum atomic E-state index is -1.12. The van der Waals surface area contributed by atoms with Crippen molar-refractivity contribution >= 4 is 33.5 Å². The molecule has 2 aromatic carbocycles. The molecule has 0 aromatic heterocycles. The van der Waals surface area contributed by atoms with E-state index in [2.05, 4.69) is 15.9 Å². The van der Waals surface area contributed by atoms with Crippen LogP contribution in [0.3, 0.4) is 0 Å². The van der Waals surface area contributed by atoms with E-state index in [0.29, 0.717) is 4.47 Å². The first-order valence-electron chi connectivity index (χ1n) is 5.97. The fourth-order valence-electron chi connectivity index (χ4n) is 1.90. The second kappa shape index (κ2) is 6.05. The van der Waals surface area contributed by atoms with Crippen LogP contribution in [0.5, 0.6) is 0 Å². The van der Waals surface area contributed by atoms with Gasteiger partial charge in [0.2, 0.25) is 0 Å². The van der Waals surface area contributed by atoms with Crippen LogP contribution in [0, 0.1) is 5.82 Å². The Hall–Kier alpha value is -2.21. The van der Waals surface area contributed by atoms with E-state index in [-0.39, 0.29) is 16.8 Å². The third kappa shape index (κ3) is 3.11. The molecule has 0 aliphatic heterocycles. The van der Waals surface area contributed by atoms with Crippen molar-refractivity contribution in [3.05, 3.63) is 63.9 Å². The maximum absolute atomic E-state index is 13.1. The SMILES string of the molecule is CN(C(=O)c1ccc(F)cc1Br)c1ccccc1C(=O)O. The lowest BCUT2D eigenvalue weighted by molar-refractivity contribution is 0.0697. The molecule has 0 bridgehead atoms. The number of carbonyl (C=O) groups is 2. The molecule has 0 aliphatic carbocycles. The van der Waals surface area contributed by atoms with Gasteiger partial charge < -0.3 is 10.0 Å². The number of carboxylic acid groups (broad SMARTS) is 1. The van der Waals surface area contributed by atoms with E-state index in [0.717, 1.165) is 0 Å². The number of nitrogens with zero attached hydrogens (tertiary/aromatic N) is 1. The van der Waals surface area contributed by atoms with E-state index in [1.807, 2.05) is 0 Å².